The van der Waals surface area contributed by atoms with Crippen LogP contribution < -0.4 is 4.74 Å². The standard InChI is InChI=1S/C24H25Cl2NO3S/c1-15(2)24(23(28)29,16(3)12-22(25)26)21(14-27)17-6-5-7-19(13-17)30-18-8-10-20(31-4)11-9-18/h5-13,15-16,21H,1-4H3,(H,28,29). The van der Waals surface area contributed by atoms with Crippen LogP contribution in [0, 0.1) is 28.6 Å². The van der Waals surface area contributed by atoms with Crippen LogP contribution in [0.15, 0.2) is 64.0 Å². The van der Waals surface area contributed by atoms with Gasteiger partial charge in [0.15, 0.2) is 0 Å². The highest BCUT2D eigenvalue weighted by Gasteiger charge is 2.53. The minimum atomic E-state index is -1.44. The van der Waals surface area contributed by atoms with E-state index in [1.807, 2.05) is 30.5 Å². The number of carboxylic acids is 1. The van der Waals surface area contributed by atoms with Crippen LogP contribution in [0.5, 0.6) is 11.5 Å². The molecule has 0 aliphatic rings. The molecule has 0 bridgehead atoms. The van der Waals surface area contributed by atoms with Gasteiger partial charge in [0, 0.05) is 4.90 Å². The lowest BCUT2D eigenvalue weighted by atomic mass is 9.59. The van der Waals surface area contributed by atoms with E-state index in [1.165, 1.54) is 6.08 Å². The molecule has 2 aromatic rings. The van der Waals surface area contributed by atoms with E-state index in [0.717, 1.165) is 4.90 Å². The number of rotatable bonds is 9. The lowest BCUT2D eigenvalue weighted by Gasteiger charge is -2.41. The van der Waals surface area contributed by atoms with Crippen LogP contribution in [0.3, 0.4) is 0 Å². The lowest BCUT2D eigenvalue weighted by Crippen LogP contribution is -2.46. The average Bonchev–Trinajstić information content (AvgIpc) is 2.71. The van der Waals surface area contributed by atoms with Gasteiger partial charge in [-0.25, -0.2) is 0 Å². The van der Waals surface area contributed by atoms with Crippen LogP contribution in [0.25, 0.3) is 0 Å². The average molecular weight is 478 g/mol. The van der Waals surface area contributed by atoms with Crippen molar-refractivity contribution in [3.63, 3.8) is 0 Å². The molecule has 0 saturated heterocycles. The van der Waals surface area contributed by atoms with E-state index in [4.69, 9.17) is 27.9 Å². The Labute approximate surface area is 197 Å². The Kier molecular flexibility index (Phi) is 8.88. The highest BCUT2D eigenvalue weighted by atomic mass is 35.5. The van der Waals surface area contributed by atoms with Gasteiger partial charge in [0.2, 0.25) is 0 Å². The van der Waals surface area contributed by atoms with Crippen molar-refractivity contribution in [3.8, 4) is 17.6 Å². The Bertz CT molecular complexity index is 981. The zero-order valence-electron chi connectivity index (χ0n) is 17.8. The van der Waals surface area contributed by atoms with E-state index in [1.54, 1.807) is 56.8 Å². The molecule has 7 heteroatoms. The summed E-state index contributed by atoms with van der Waals surface area (Å²) in [5.41, 5.74) is -0.884. The molecule has 0 saturated carbocycles. The number of allylic oxidation sites excluding steroid dienone is 1. The summed E-state index contributed by atoms with van der Waals surface area (Å²) in [6.45, 7) is 5.30. The van der Waals surface area contributed by atoms with E-state index in [2.05, 4.69) is 6.07 Å². The molecule has 0 radical (unpaired) electrons. The van der Waals surface area contributed by atoms with Gasteiger partial charge in [-0.1, -0.05) is 62.2 Å². The van der Waals surface area contributed by atoms with Crippen molar-refractivity contribution in [1.82, 2.24) is 0 Å². The molecule has 0 aliphatic carbocycles. The molecule has 4 nitrogen and oxygen atoms in total. The molecule has 164 valence electrons. The van der Waals surface area contributed by atoms with Crippen molar-refractivity contribution >= 4 is 40.9 Å². The van der Waals surface area contributed by atoms with Crippen molar-refractivity contribution in [3.05, 3.63) is 64.7 Å². The molecule has 2 aromatic carbocycles. The molecule has 2 rings (SSSR count). The van der Waals surface area contributed by atoms with Crippen LogP contribution in [0.2, 0.25) is 0 Å². The maximum Gasteiger partial charge on any atom is 0.312 e. The number of aliphatic carboxylic acids is 1. The monoisotopic (exact) mass is 477 g/mol. The summed E-state index contributed by atoms with van der Waals surface area (Å²) in [5, 5.41) is 20.4. The molecular weight excluding hydrogens is 453 g/mol. The number of nitrogens with zero attached hydrogens (tertiary/aromatic N) is 1. The molecule has 0 spiro atoms. The minimum Gasteiger partial charge on any atom is -0.481 e. The number of benzene rings is 2. The van der Waals surface area contributed by atoms with Gasteiger partial charge in [-0.05, 0) is 60.1 Å². The van der Waals surface area contributed by atoms with Gasteiger partial charge in [-0.3, -0.25) is 4.79 Å². The summed E-state index contributed by atoms with van der Waals surface area (Å²) in [4.78, 5) is 13.7. The van der Waals surface area contributed by atoms with E-state index in [0.29, 0.717) is 17.1 Å². The van der Waals surface area contributed by atoms with Crippen molar-refractivity contribution in [2.75, 3.05) is 6.26 Å². The molecular formula is C24H25Cl2NO3S. The SMILES string of the molecule is CSc1ccc(Oc2cccc(C(C#N)C(C(=O)O)(C(C)C)C(C)C=C(Cl)Cl)c2)cc1. The van der Waals surface area contributed by atoms with Crippen LogP contribution in [-0.4, -0.2) is 17.3 Å². The van der Waals surface area contributed by atoms with E-state index >= 15 is 0 Å². The fraction of sp³-hybridized carbons (Fsp3) is 0.333. The quantitative estimate of drug-likeness (QED) is 0.378. The molecule has 0 heterocycles. The second-order valence-corrected chi connectivity index (χ2v) is 9.44. The highest BCUT2D eigenvalue weighted by molar-refractivity contribution is 7.98. The third-order valence-corrected chi connectivity index (χ3v) is 6.54. The largest absolute Gasteiger partial charge is 0.481 e. The highest BCUT2D eigenvalue weighted by Crippen LogP contribution is 2.50. The summed E-state index contributed by atoms with van der Waals surface area (Å²) in [6, 6.07) is 16.9. The van der Waals surface area contributed by atoms with E-state index < -0.39 is 23.2 Å². The minimum absolute atomic E-state index is 0.0266. The smallest absolute Gasteiger partial charge is 0.312 e. The molecule has 3 atom stereocenters. The summed E-state index contributed by atoms with van der Waals surface area (Å²) in [7, 11) is 0. The van der Waals surface area contributed by atoms with Gasteiger partial charge >= 0.3 is 5.97 Å². The normalized spacial score (nSPS) is 14.8. The molecule has 0 aliphatic heterocycles. The van der Waals surface area contributed by atoms with Gasteiger partial charge in [-0.15, -0.1) is 11.8 Å². The fourth-order valence-corrected chi connectivity index (χ4v) is 4.79. The van der Waals surface area contributed by atoms with E-state index in [9.17, 15) is 15.2 Å². The topological polar surface area (TPSA) is 70.3 Å². The lowest BCUT2D eigenvalue weighted by molar-refractivity contribution is -0.155. The zero-order valence-corrected chi connectivity index (χ0v) is 20.1. The van der Waals surface area contributed by atoms with Gasteiger partial charge in [0.05, 0.1) is 17.4 Å². The van der Waals surface area contributed by atoms with Gasteiger partial charge in [-0.2, -0.15) is 5.26 Å². The molecule has 1 N–H and O–H groups in total. The predicted octanol–water partition coefficient (Wildman–Crippen LogP) is 7.49. The number of ether oxygens (including phenoxy) is 1. The number of carbonyl (C=O) groups is 1. The Morgan fingerprint density at radius 3 is 2.29 bits per heavy atom. The van der Waals surface area contributed by atoms with Crippen molar-refractivity contribution in [2.24, 2.45) is 17.3 Å². The van der Waals surface area contributed by atoms with Crippen molar-refractivity contribution in [1.29, 1.82) is 5.26 Å². The molecule has 0 amide bonds. The first kappa shape index (κ1) is 25.1. The zero-order chi connectivity index (χ0) is 23.2. The molecule has 31 heavy (non-hydrogen) atoms. The number of nitriles is 1. The van der Waals surface area contributed by atoms with E-state index in [-0.39, 0.29) is 10.4 Å². The first-order valence-electron chi connectivity index (χ1n) is 9.74. The molecule has 0 aromatic heterocycles. The van der Waals surface area contributed by atoms with Crippen LogP contribution in [0.4, 0.5) is 0 Å². The van der Waals surface area contributed by atoms with Gasteiger partial charge < -0.3 is 9.84 Å². The Morgan fingerprint density at radius 1 is 1.16 bits per heavy atom. The molecule has 0 fully saturated rings. The second kappa shape index (κ2) is 10.9. The Morgan fingerprint density at radius 2 is 1.81 bits per heavy atom. The van der Waals surface area contributed by atoms with Crippen LogP contribution in [0.1, 0.15) is 32.3 Å². The van der Waals surface area contributed by atoms with Crippen LogP contribution in [-0.2, 0) is 4.79 Å². The van der Waals surface area contributed by atoms with Gasteiger partial charge in [0.1, 0.15) is 16.0 Å². The maximum absolute atomic E-state index is 12.6. The van der Waals surface area contributed by atoms with Crippen molar-refractivity contribution in [2.45, 2.75) is 31.6 Å². The maximum atomic E-state index is 12.6. The number of thioether (sulfide) groups is 1. The van der Waals surface area contributed by atoms with Crippen molar-refractivity contribution < 1.29 is 14.6 Å². The summed E-state index contributed by atoms with van der Waals surface area (Å²) < 4.78 is 5.92. The number of hydrogen-bond donors (Lipinski definition) is 1. The fourth-order valence-electron chi connectivity index (χ4n) is 4.01. The molecule has 3 unspecified atom stereocenters. The van der Waals surface area contributed by atoms with Crippen LogP contribution >= 0.6 is 35.0 Å². The second-order valence-electron chi connectivity index (χ2n) is 7.55. The van der Waals surface area contributed by atoms with Gasteiger partial charge in [0.25, 0.3) is 0 Å². The number of halogens is 2. The first-order valence-corrected chi connectivity index (χ1v) is 11.7. The predicted molar refractivity (Wildman–Crippen MR) is 127 cm³/mol. The summed E-state index contributed by atoms with van der Waals surface area (Å²) >= 11 is 13.3. The Balaban J connectivity index is 2.51. The summed E-state index contributed by atoms with van der Waals surface area (Å²) in [6.07, 6.45) is 3.48. The third kappa shape index (κ3) is 5.57. The number of carboxylic acid groups (broad SMARTS) is 1. The third-order valence-electron chi connectivity index (χ3n) is 5.55. The first-order chi connectivity index (χ1) is 14.7. The Hall–Kier alpha value is -2.13. The summed E-state index contributed by atoms with van der Waals surface area (Å²) in [5.74, 6) is -1.82. The number of hydrogen-bond acceptors (Lipinski definition) is 4.